The van der Waals surface area contributed by atoms with Crippen LogP contribution >= 0.6 is 15.9 Å². The molecule has 0 aliphatic rings. The maximum atomic E-state index is 9.24. The number of hydrogen-bond acceptors (Lipinski definition) is 6. The Morgan fingerprint density at radius 1 is 1.13 bits per heavy atom. The van der Waals surface area contributed by atoms with Gasteiger partial charge in [-0.15, -0.1) is 0 Å². The molecule has 0 saturated carbocycles. The van der Waals surface area contributed by atoms with Gasteiger partial charge in [-0.05, 0) is 30.3 Å². The van der Waals surface area contributed by atoms with Gasteiger partial charge in [-0.3, -0.25) is 0 Å². The highest BCUT2D eigenvalue weighted by Gasteiger charge is 2.13. The van der Waals surface area contributed by atoms with Gasteiger partial charge in [0.05, 0.1) is 43.4 Å². The van der Waals surface area contributed by atoms with Crippen molar-refractivity contribution in [1.29, 1.82) is 5.26 Å². The van der Waals surface area contributed by atoms with Crippen molar-refractivity contribution in [3.05, 3.63) is 71.5 Å². The van der Waals surface area contributed by atoms with Crippen molar-refractivity contribution in [2.45, 2.75) is 11.9 Å². The first-order valence-corrected chi connectivity index (χ1v) is 10.7. The number of anilines is 1. The number of hydrogen-bond donors (Lipinski definition) is 1. The molecule has 0 atom stereocenters. The van der Waals surface area contributed by atoms with Crippen LogP contribution in [0.15, 0.2) is 54.7 Å². The lowest BCUT2D eigenvalue weighted by molar-refractivity contribution is 0.391. The summed E-state index contributed by atoms with van der Waals surface area (Å²) in [6, 6.07) is 17.2. The molecular weight excluding hydrogens is 458 g/mol. The third-order valence-corrected chi connectivity index (χ3v) is 5.45. The Bertz CT molecular complexity index is 1280. The van der Waals surface area contributed by atoms with Crippen LogP contribution in [-0.2, 0) is 11.9 Å². The number of nitriles is 1. The zero-order valence-corrected chi connectivity index (χ0v) is 18.7. The highest BCUT2D eigenvalue weighted by Crippen LogP contribution is 2.28. The van der Waals surface area contributed by atoms with E-state index in [0.29, 0.717) is 23.3 Å². The van der Waals surface area contributed by atoms with Crippen LogP contribution in [-0.4, -0.2) is 28.8 Å². The summed E-state index contributed by atoms with van der Waals surface area (Å²) in [5.41, 5.74) is 4.88. The van der Waals surface area contributed by atoms with E-state index in [-0.39, 0.29) is 0 Å². The Hall–Kier alpha value is -3.57. The summed E-state index contributed by atoms with van der Waals surface area (Å²) in [4.78, 5) is 4.84. The number of ether oxygens (including phenoxy) is 2. The zero-order chi connectivity index (χ0) is 21.8. The molecule has 156 valence electrons. The van der Waals surface area contributed by atoms with Gasteiger partial charge in [0.25, 0.3) is 0 Å². The van der Waals surface area contributed by atoms with Crippen molar-refractivity contribution in [2.24, 2.45) is 0 Å². The topological polar surface area (TPSA) is 84.5 Å². The molecule has 0 aliphatic carbocycles. The van der Waals surface area contributed by atoms with E-state index in [2.05, 4.69) is 32.4 Å². The van der Waals surface area contributed by atoms with Crippen LogP contribution in [0.2, 0.25) is 0 Å². The van der Waals surface area contributed by atoms with Gasteiger partial charge in [-0.25, -0.2) is 9.50 Å². The smallest absolute Gasteiger partial charge is 0.153 e. The summed E-state index contributed by atoms with van der Waals surface area (Å²) in [5.74, 6) is 2.16. The third kappa shape index (κ3) is 4.32. The van der Waals surface area contributed by atoms with E-state index < -0.39 is 0 Å². The molecule has 0 fully saturated rings. The monoisotopic (exact) mass is 477 g/mol. The molecule has 31 heavy (non-hydrogen) atoms. The molecule has 2 heterocycles. The molecule has 7 nitrogen and oxygen atoms in total. The Kier molecular flexibility index (Phi) is 6.05. The highest BCUT2D eigenvalue weighted by molar-refractivity contribution is 9.08. The van der Waals surface area contributed by atoms with Crippen molar-refractivity contribution in [3.8, 4) is 28.8 Å². The predicted octanol–water partition coefficient (Wildman–Crippen LogP) is 4.79. The molecule has 2 aromatic carbocycles. The van der Waals surface area contributed by atoms with E-state index >= 15 is 0 Å². The van der Waals surface area contributed by atoms with Crippen molar-refractivity contribution in [1.82, 2.24) is 14.6 Å². The average Bonchev–Trinajstić information content (AvgIpc) is 3.26. The molecule has 0 spiro atoms. The van der Waals surface area contributed by atoms with Gasteiger partial charge in [-0.2, -0.15) is 10.4 Å². The summed E-state index contributed by atoms with van der Waals surface area (Å²) in [7, 11) is 3.26. The summed E-state index contributed by atoms with van der Waals surface area (Å²) in [6.07, 6.45) is 1.87. The summed E-state index contributed by atoms with van der Waals surface area (Å²) in [6.45, 7) is 0.506. The second-order valence-electron chi connectivity index (χ2n) is 6.80. The number of aromatic nitrogens is 3. The van der Waals surface area contributed by atoms with Gasteiger partial charge in [0.2, 0.25) is 0 Å². The van der Waals surface area contributed by atoms with E-state index in [1.807, 2.05) is 53.2 Å². The Morgan fingerprint density at radius 2 is 2.00 bits per heavy atom. The standard InChI is InChI=1S/C23H20BrN5O2/c1-30-19-7-6-17(22(10-19)31-2)13-26-23-21-9-18(11-24)28-29(21)14-20(27-23)16-5-3-4-15(8-16)12-25/h3-10,14H,11,13H2,1-2H3,(H,26,27). The van der Waals surface area contributed by atoms with Crippen LogP contribution in [0.3, 0.4) is 0 Å². The molecule has 0 bridgehead atoms. The van der Waals surface area contributed by atoms with Crippen molar-refractivity contribution in [2.75, 3.05) is 19.5 Å². The molecule has 1 N–H and O–H groups in total. The first-order valence-electron chi connectivity index (χ1n) is 9.55. The Labute approximate surface area is 188 Å². The third-order valence-electron chi connectivity index (χ3n) is 4.87. The summed E-state index contributed by atoms with van der Waals surface area (Å²) < 4.78 is 12.6. The van der Waals surface area contributed by atoms with E-state index in [9.17, 15) is 5.26 Å². The lowest BCUT2D eigenvalue weighted by Crippen LogP contribution is -2.06. The largest absolute Gasteiger partial charge is 0.497 e. The van der Waals surface area contributed by atoms with Gasteiger partial charge in [0, 0.05) is 29.1 Å². The maximum absolute atomic E-state index is 9.24. The fourth-order valence-corrected chi connectivity index (χ4v) is 3.58. The number of benzene rings is 2. The number of fused-ring (bicyclic) bond motifs is 1. The van der Waals surface area contributed by atoms with Crippen LogP contribution in [0.4, 0.5) is 5.82 Å². The second-order valence-corrected chi connectivity index (χ2v) is 7.36. The van der Waals surface area contributed by atoms with E-state index in [0.717, 1.165) is 39.5 Å². The molecule has 4 aromatic rings. The lowest BCUT2D eigenvalue weighted by Gasteiger charge is -2.13. The van der Waals surface area contributed by atoms with Gasteiger partial charge < -0.3 is 14.8 Å². The van der Waals surface area contributed by atoms with Gasteiger partial charge in [0.15, 0.2) is 5.82 Å². The number of rotatable bonds is 7. The predicted molar refractivity (Wildman–Crippen MR) is 123 cm³/mol. The second kappa shape index (κ2) is 9.06. The van der Waals surface area contributed by atoms with E-state index in [4.69, 9.17) is 14.5 Å². The molecule has 4 rings (SSSR count). The molecule has 0 unspecified atom stereocenters. The number of halogens is 1. The maximum Gasteiger partial charge on any atom is 0.153 e. The quantitative estimate of drug-likeness (QED) is 0.385. The lowest BCUT2D eigenvalue weighted by atomic mass is 10.1. The minimum absolute atomic E-state index is 0.506. The molecule has 8 heteroatoms. The minimum atomic E-state index is 0.506. The number of alkyl halides is 1. The summed E-state index contributed by atoms with van der Waals surface area (Å²) >= 11 is 3.47. The van der Waals surface area contributed by atoms with Crippen molar-refractivity contribution < 1.29 is 9.47 Å². The van der Waals surface area contributed by atoms with Gasteiger partial charge >= 0.3 is 0 Å². The van der Waals surface area contributed by atoms with Crippen LogP contribution in [0.25, 0.3) is 16.8 Å². The van der Waals surface area contributed by atoms with E-state index in [1.54, 1.807) is 20.3 Å². The van der Waals surface area contributed by atoms with Crippen LogP contribution in [0, 0.1) is 11.3 Å². The van der Waals surface area contributed by atoms with Crippen LogP contribution < -0.4 is 14.8 Å². The van der Waals surface area contributed by atoms with Crippen molar-refractivity contribution >= 4 is 27.3 Å². The zero-order valence-electron chi connectivity index (χ0n) is 17.1. The highest BCUT2D eigenvalue weighted by atomic mass is 79.9. The fourth-order valence-electron chi connectivity index (χ4n) is 3.30. The summed E-state index contributed by atoms with van der Waals surface area (Å²) in [5, 5.41) is 17.9. The molecule has 2 aromatic heterocycles. The Morgan fingerprint density at radius 3 is 2.74 bits per heavy atom. The van der Waals surface area contributed by atoms with Crippen LogP contribution in [0.5, 0.6) is 11.5 Å². The minimum Gasteiger partial charge on any atom is -0.497 e. The molecule has 0 amide bonds. The number of methoxy groups -OCH3 is 2. The number of nitrogens with one attached hydrogen (secondary N) is 1. The molecule has 0 aliphatic heterocycles. The average molecular weight is 478 g/mol. The van der Waals surface area contributed by atoms with Gasteiger partial charge in [0.1, 0.15) is 17.0 Å². The SMILES string of the molecule is COc1ccc(CNc2nc(-c3cccc(C#N)c3)cn3nc(CBr)cc23)c(OC)c1. The molecule has 0 radical (unpaired) electrons. The normalized spacial score (nSPS) is 10.6. The number of nitrogens with zero attached hydrogens (tertiary/aromatic N) is 4. The first kappa shape index (κ1) is 20.7. The van der Waals surface area contributed by atoms with E-state index in [1.165, 1.54) is 0 Å². The Balaban J connectivity index is 1.74. The first-order chi connectivity index (χ1) is 15.1. The van der Waals surface area contributed by atoms with Crippen molar-refractivity contribution in [3.63, 3.8) is 0 Å². The fraction of sp³-hybridized carbons (Fsp3) is 0.174. The molecular formula is C23H20BrN5O2. The van der Waals surface area contributed by atoms with Gasteiger partial charge in [-0.1, -0.05) is 28.1 Å². The molecule has 0 saturated heterocycles. The van der Waals surface area contributed by atoms with Crippen LogP contribution in [0.1, 0.15) is 16.8 Å².